The molecule has 0 unspecified atom stereocenters. The van der Waals surface area contributed by atoms with Crippen LogP contribution in [-0.4, -0.2) is 40.9 Å². The number of carbonyl (C=O) groups excluding carboxylic acids is 2. The topological polar surface area (TPSA) is 40.6 Å². The van der Waals surface area contributed by atoms with Crippen LogP contribution in [0.15, 0.2) is 0 Å². The molecular weight excluding hydrogens is 192 g/mol. The SMILES string of the molecule is C#CCN1C(=O)CN(C2CCCC2)C1=O. The molecule has 0 aromatic heterocycles. The summed E-state index contributed by atoms with van der Waals surface area (Å²) in [5.74, 6) is 2.18. The van der Waals surface area contributed by atoms with E-state index in [4.69, 9.17) is 6.42 Å². The van der Waals surface area contributed by atoms with E-state index < -0.39 is 0 Å². The van der Waals surface area contributed by atoms with E-state index in [0.29, 0.717) is 0 Å². The molecule has 1 saturated carbocycles. The van der Waals surface area contributed by atoms with E-state index >= 15 is 0 Å². The van der Waals surface area contributed by atoms with Crippen molar-refractivity contribution < 1.29 is 9.59 Å². The van der Waals surface area contributed by atoms with Crippen molar-refractivity contribution in [2.24, 2.45) is 0 Å². The van der Waals surface area contributed by atoms with Crippen LogP contribution in [0.3, 0.4) is 0 Å². The first-order valence-corrected chi connectivity index (χ1v) is 5.28. The fourth-order valence-corrected chi connectivity index (χ4v) is 2.31. The minimum atomic E-state index is -0.204. The highest BCUT2D eigenvalue weighted by atomic mass is 16.2. The van der Waals surface area contributed by atoms with E-state index in [-0.39, 0.29) is 31.1 Å². The highest BCUT2D eigenvalue weighted by Gasteiger charge is 2.39. The van der Waals surface area contributed by atoms with Crippen LogP contribution >= 0.6 is 0 Å². The number of hydrogen-bond donors (Lipinski definition) is 0. The van der Waals surface area contributed by atoms with Crippen molar-refractivity contribution in [3.05, 3.63) is 0 Å². The van der Waals surface area contributed by atoms with Gasteiger partial charge < -0.3 is 4.90 Å². The molecule has 2 aliphatic rings. The second-order valence-electron chi connectivity index (χ2n) is 4.03. The number of imide groups is 1. The molecule has 4 heteroatoms. The normalized spacial score (nSPS) is 22.6. The zero-order valence-corrected chi connectivity index (χ0v) is 8.61. The standard InChI is InChI=1S/C11H14N2O2/c1-2-7-12-10(14)8-13(11(12)15)9-5-3-4-6-9/h1,9H,3-8H2. The minimum absolute atomic E-state index is 0.0981. The van der Waals surface area contributed by atoms with Gasteiger partial charge in [-0.25, -0.2) is 4.79 Å². The third kappa shape index (κ3) is 1.70. The molecule has 0 aromatic carbocycles. The van der Waals surface area contributed by atoms with E-state index in [2.05, 4.69) is 5.92 Å². The van der Waals surface area contributed by atoms with Crippen LogP contribution in [0, 0.1) is 12.3 Å². The van der Waals surface area contributed by atoms with Crippen LogP contribution in [0.4, 0.5) is 4.79 Å². The summed E-state index contributed by atoms with van der Waals surface area (Å²) in [6.07, 6.45) is 9.45. The number of hydrogen-bond acceptors (Lipinski definition) is 2. The number of rotatable bonds is 2. The van der Waals surface area contributed by atoms with Gasteiger partial charge >= 0.3 is 6.03 Å². The predicted molar refractivity (Wildman–Crippen MR) is 54.9 cm³/mol. The lowest BCUT2D eigenvalue weighted by atomic mass is 10.2. The summed E-state index contributed by atoms with van der Waals surface area (Å²) in [7, 11) is 0. The Labute approximate surface area is 89.2 Å². The first kappa shape index (κ1) is 10.0. The lowest BCUT2D eigenvalue weighted by Gasteiger charge is -2.22. The Balaban J connectivity index is 2.07. The third-order valence-corrected chi connectivity index (χ3v) is 3.10. The van der Waals surface area contributed by atoms with Crippen molar-refractivity contribution in [3.8, 4) is 12.3 Å². The first-order valence-electron chi connectivity index (χ1n) is 5.28. The van der Waals surface area contributed by atoms with Gasteiger partial charge in [0.1, 0.15) is 6.54 Å². The molecule has 0 radical (unpaired) electrons. The average Bonchev–Trinajstić information content (AvgIpc) is 2.81. The highest BCUT2D eigenvalue weighted by Crippen LogP contribution is 2.26. The minimum Gasteiger partial charge on any atom is -0.312 e. The average molecular weight is 206 g/mol. The summed E-state index contributed by atoms with van der Waals surface area (Å²) in [5, 5.41) is 0. The molecule has 0 atom stereocenters. The molecule has 1 saturated heterocycles. The molecule has 4 nitrogen and oxygen atoms in total. The van der Waals surface area contributed by atoms with E-state index in [1.807, 2.05) is 0 Å². The molecule has 2 rings (SSSR count). The summed E-state index contributed by atoms with van der Waals surface area (Å²) in [6.45, 7) is 0.312. The predicted octanol–water partition coefficient (Wildman–Crippen LogP) is 0.826. The molecular formula is C11H14N2O2. The second-order valence-corrected chi connectivity index (χ2v) is 4.03. The summed E-state index contributed by atoms with van der Waals surface area (Å²) >= 11 is 0. The van der Waals surface area contributed by atoms with Crippen molar-refractivity contribution in [1.29, 1.82) is 0 Å². The fourth-order valence-electron chi connectivity index (χ4n) is 2.31. The molecule has 2 fully saturated rings. The third-order valence-electron chi connectivity index (χ3n) is 3.10. The van der Waals surface area contributed by atoms with Crippen molar-refractivity contribution in [1.82, 2.24) is 9.80 Å². The van der Waals surface area contributed by atoms with Gasteiger partial charge in [-0.3, -0.25) is 9.69 Å². The lowest BCUT2D eigenvalue weighted by Crippen LogP contribution is -2.38. The van der Waals surface area contributed by atoms with Gasteiger partial charge in [-0.2, -0.15) is 0 Å². The Morgan fingerprint density at radius 3 is 2.60 bits per heavy atom. The Kier molecular flexibility index (Phi) is 2.63. The Morgan fingerprint density at radius 1 is 1.33 bits per heavy atom. The molecule has 0 aromatic rings. The van der Waals surface area contributed by atoms with E-state index in [9.17, 15) is 9.59 Å². The van der Waals surface area contributed by atoms with Crippen molar-refractivity contribution in [2.45, 2.75) is 31.7 Å². The summed E-state index contributed by atoms with van der Waals surface area (Å²) in [5.41, 5.74) is 0. The highest BCUT2D eigenvalue weighted by molar-refractivity contribution is 6.02. The molecule has 1 aliphatic heterocycles. The largest absolute Gasteiger partial charge is 0.328 e. The number of terminal acetylenes is 1. The van der Waals surface area contributed by atoms with E-state index in [1.165, 1.54) is 4.90 Å². The fraction of sp³-hybridized carbons (Fsp3) is 0.636. The van der Waals surface area contributed by atoms with Gasteiger partial charge in [0.05, 0.1) is 6.54 Å². The lowest BCUT2D eigenvalue weighted by molar-refractivity contribution is -0.125. The van der Waals surface area contributed by atoms with Gasteiger partial charge in [0, 0.05) is 6.04 Å². The number of urea groups is 1. The van der Waals surface area contributed by atoms with Crippen LogP contribution in [0.5, 0.6) is 0 Å². The van der Waals surface area contributed by atoms with Gasteiger partial charge in [-0.15, -0.1) is 6.42 Å². The van der Waals surface area contributed by atoms with Crippen LogP contribution < -0.4 is 0 Å². The van der Waals surface area contributed by atoms with Crippen molar-refractivity contribution in [3.63, 3.8) is 0 Å². The van der Waals surface area contributed by atoms with Crippen LogP contribution in [0.1, 0.15) is 25.7 Å². The Morgan fingerprint density at radius 2 is 2.00 bits per heavy atom. The van der Waals surface area contributed by atoms with Crippen molar-refractivity contribution in [2.75, 3.05) is 13.1 Å². The Bertz CT molecular complexity index is 326. The van der Waals surface area contributed by atoms with Gasteiger partial charge in [-0.1, -0.05) is 18.8 Å². The summed E-state index contributed by atoms with van der Waals surface area (Å²) in [6, 6.07) is 0.0501. The summed E-state index contributed by atoms with van der Waals surface area (Å²) < 4.78 is 0. The molecule has 0 spiro atoms. The smallest absolute Gasteiger partial charge is 0.312 e. The van der Waals surface area contributed by atoms with E-state index in [1.54, 1.807) is 4.90 Å². The molecule has 0 N–H and O–H groups in total. The van der Waals surface area contributed by atoms with Gasteiger partial charge in [0.15, 0.2) is 0 Å². The molecule has 3 amide bonds. The maximum atomic E-state index is 11.8. The second kappa shape index (κ2) is 3.93. The van der Waals surface area contributed by atoms with Gasteiger partial charge in [-0.05, 0) is 12.8 Å². The monoisotopic (exact) mass is 206 g/mol. The van der Waals surface area contributed by atoms with Crippen LogP contribution in [0.2, 0.25) is 0 Å². The maximum Gasteiger partial charge on any atom is 0.328 e. The van der Waals surface area contributed by atoms with Gasteiger partial charge in [0.2, 0.25) is 0 Å². The van der Waals surface area contributed by atoms with Crippen molar-refractivity contribution >= 4 is 11.9 Å². The summed E-state index contributed by atoms with van der Waals surface area (Å²) in [4.78, 5) is 26.2. The molecule has 1 aliphatic carbocycles. The molecule has 80 valence electrons. The van der Waals surface area contributed by atoms with Crippen LogP contribution in [0.25, 0.3) is 0 Å². The first-order chi connectivity index (χ1) is 7.24. The number of amides is 3. The zero-order valence-electron chi connectivity index (χ0n) is 8.61. The maximum absolute atomic E-state index is 11.8. The zero-order chi connectivity index (χ0) is 10.8. The molecule has 1 heterocycles. The number of carbonyl (C=O) groups is 2. The molecule has 15 heavy (non-hydrogen) atoms. The number of nitrogens with zero attached hydrogens (tertiary/aromatic N) is 2. The quantitative estimate of drug-likeness (QED) is 0.496. The van der Waals surface area contributed by atoms with Gasteiger partial charge in [0.25, 0.3) is 5.91 Å². The van der Waals surface area contributed by atoms with Crippen LogP contribution in [-0.2, 0) is 4.79 Å². The Hall–Kier alpha value is -1.50. The molecule has 0 bridgehead atoms. The van der Waals surface area contributed by atoms with E-state index in [0.717, 1.165) is 25.7 Å².